The Hall–Kier alpha value is -3.65. The Morgan fingerprint density at radius 1 is 0.824 bits per heavy atom. The molecule has 0 bridgehead atoms. The van der Waals surface area contributed by atoms with Gasteiger partial charge in [-0.15, -0.1) is 0 Å². The Balaban J connectivity index is 0.000000481. The molecule has 34 heavy (non-hydrogen) atoms. The second-order valence-electron chi connectivity index (χ2n) is 7.56. The molecule has 0 aliphatic rings. The number of aliphatic carboxylic acids is 2. The Kier molecular flexibility index (Phi) is 8.81. The van der Waals surface area contributed by atoms with Gasteiger partial charge in [-0.3, -0.25) is 0 Å². The summed E-state index contributed by atoms with van der Waals surface area (Å²) in [6, 6.07) is 26.0. The second kappa shape index (κ2) is 12.0. The number of hydrogen-bond donors (Lipinski definition) is 5. The van der Waals surface area contributed by atoms with E-state index < -0.39 is 18.0 Å². The van der Waals surface area contributed by atoms with Crippen LogP contribution in [-0.4, -0.2) is 45.3 Å². The summed E-state index contributed by atoms with van der Waals surface area (Å²) in [5, 5.41) is 30.6. The standard InChI is InChI=1S/C24H23ClN2O.C2H2O4/c25-22-12-6-4-10-18(22)20(21-15-27-23-13-7-5-11-19(21)23)14-26-16-24(28)17-8-2-1-3-9-17;3-1(4)2(5)6/h1-13,15,20,24,26-28H,14,16H2;(H,3,4)(H,5,6). The molecule has 0 saturated carbocycles. The molecule has 2 unspecified atom stereocenters. The molecule has 2 atom stereocenters. The third-order valence-electron chi connectivity index (χ3n) is 5.33. The molecule has 176 valence electrons. The Bertz CT molecular complexity index is 1230. The minimum Gasteiger partial charge on any atom is -0.473 e. The summed E-state index contributed by atoms with van der Waals surface area (Å²) in [5.74, 6) is -3.57. The van der Waals surface area contributed by atoms with Gasteiger partial charge in [0, 0.05) is 41.1 Å². The number of rotatable bonds is 7. The fraction of sp³-hybridized carbons (Fsp3) is 0.154. The summed E-state index contributed by atoms with van der Waals surface area (Å²) in [7, 11) is 0. The van der Waals surface area contributed by atoms with Gasteiger partial charge in [0.1, 0.15) is 0 Å². The van der Waals surface area contributed by atoms with Crippen LogP contribution in [0.1, 0.15) is 28.7 Å². The van der Waals surface area contributed by atoms with Gasteiger partial charge in [-0.2, -0.15) is 0 Å². The molecule has 0 saturated heterocycles. The van der Waals surface area contributed by atoms with E-state index >= 15 is 0 Å². The van der Waals surface area contributed by atoms with Gasteiger partial charge in [-0.25, -0.2) is 9.59 Å². The molecule has 1 heterocycles. The van der Waals surface area contributed by atoms with Crippen molar-refractivity contribution in [2.24, 2.45) is 0 Å². The first-order valence-corrected chi connectivity index (χ1v) is 11.0. The number of hydrogen-bond acceptors (Lipinski definition) is 4. The number of aliphatic hydroxyl groups is 1. The van der Waals surface area contributed by atoms with E-state index in [0.29, 0.717) is 13.1 Å². The van der Waals surface area contributed by atoms with Crippen molar-refractivity contribution in [2.45, 2.75) is 12.0 Å². The van der Waals surface area contributed by atoms with Gasteiger partial charge in [0.2, 0.25) is 0 Å². The summed E-state index contributed by atoms with van der Waals surface area (Å²) in [4.78, 5) is 21.6. The molecule has 0 radical (unpaired) electrons. The van der Waals surface area contributed by atoms with Crippen molar-refractivity contribution in [1.29, 1.82) is 0 Å². The number of aromatic nitrogens is 1. The lowest BCUT2D eigenvalue weighted by Gasteiger charge is -2.21. The number of para-hydroxylation sites is 1. The number of aliphatic hydroxyl groups excluding tert-OH is 1. The molecule has 0 fully saturated rings. The maximum atomic E-state index is 10.5. The first-order chi connectivity index (χ1) is 16.4. The number of benzene rings is 3. The van der Waals surface area contributed by atoms with Crippen molar-refractivity contribution in [3.05, 3.63) is 107 Å². The molecular weight excluding hydrogens is 456 g/mol. The lowest BCUT2D eigenvalue weighted by molar-refractivity contribution is -0.159. The molecule has 4 rings (SSSR count). The summed E-state index contributed by atoms with van der Waals surface area (Å²) in [5.41, 5.74) is 4.30. The maximum absolute atomic E-state index is 10.5. The maximum Gasteiger partial charge on any atom is 0.414 e. The van der Waals surface area contributed by atoms with Crippen molar-refractivity contribution in [3.63, 3.8) is 0 Å². The summed E-state index contributed by atoms with van der Waals surface area (Å²) in [6.45, 7) is 1.16. The molecule has 1 aromatic heterocycles. The summed E-state index contributed by atoms with van der Waals surface area (Å²) < 4.78 is 0. The third kappa shape index (κ3) is 6.45. The van der Waals surface area contributed by atoms with Crippen LogP contribution in [0.3, 0.4) is 0 Å². The van der Waals surface area contributed by atoms with Gasteiger partial charge < -0.3 is 25.6 Å². The number of carbonyl (C=O) groups is 2. The van der Waals surface area contributed by atoms with Crippen molar-refractivity contribution in [3.8, 4) is 0 Å². The minimum atomic E-state index is -1.82. The van der Waals surface area contributed by atoms with E-state index in [1.165, 1.54) is 10.9 Å². The predicted octanol–water partition coefficient (Wildman–Crippen LogP) is 4.43. The lowest BCUT2D eigenvalue weighted by Crippen LogP contribution is -2.27. The van der Waals surface area contributed by atoms with Crippen LogP contribution >= 0.6 is 11.6 Å². The topological polar surface area (TPSA) is 123 Å². The number of aromatic amines is 1. The quantitative estimate of drug-likeness (QED) is 0.249. The fourth-order valence-corrected chi connectivity index (χ4v) is 3.95. The number of H-pyrrole nitrogens is 1. The van der Waals surface area contributed by atoms with Gasteiger partial charge in [-0.05, 0) is 28.8 Å². The monoisotopic (exact) mass is 480 g/mol. The molecule has 0 spiro atoms. The van der Waals surface area contributed by atoms with Gasteiger partial charge >= 0.3 is 11.9 Å². The zero-order valence-electron chi connectivity index (χ0n) is 18.2. The second-order valence-corrected chi connectivity index (χ2v) is 7.97. The van der Waals surface area contributed by atoms with Crippen LogP contribution < -0.4 is 5.32 Å². The summed E-state index contributed by atoms with van der Waals surface area (Å²) in [6.07, 6.45) is 1.52. The fourth-order valence-electron chi connectivity index (χ4n) is 3.68. The van der Waals surface area contributed by atoms with Crippen LogP contribution in [0.5, 0.6) is 0 Å². The molecule has 5 N–H and O–H groups in total. The lowest BCUT2D eigenvalue weighted by atomic mass is 9.90. The largest absolute Gasteiger partial charge is 0.473 e. The first-order valence-electron chi connectivity index (χ1n) is 10.6. The van der Waals surface area contributed by atoms with E-state index in [9.17, 15) is 5.11 Å². The van der Waals surface area contributed by atoms with E-state index in [1.807, 2.05) is 54.6 Å². The number of carboxylic acid groups (broad SMARTS) is 2. The van der Waals surface area contributed by atoms with Crippen molar-refractivity contribution < 1.29 is 24.9 Å². The van der Waals surface area contributed by atoms with E-state index in [4.69, 9.17) is 31.4 Å². The van der Waals surface area contributed by atoms with E-state index in [2.05, 4.69) is 40.8 Å². The Labute approximate surface area is 201 Å². The molecule has 0 amide bonds. The van der Waals surface area contributed by atoms with Crippen molar-refractivity contribution in [1.82, 2.24) is 10.3 Å². The van der Waals surface area contributed by atoms with Crippen LogP contribution in [0.25, 0.3) is 10.9 Å². The molecule has 0 aliphatic carbocycles. The van der Waals surface area contributed by atoms with Crippen LogP contribution in [-0.2, 0) is 9.59 Å². The zero-order valence-corrected chi connectivity index (χ0v) is 18.9. The highest BCUT2D eigenvalue weighted by Crippen LogP contribution is 2.34. The van der Waals surface area contributed by atoms with Crippen LogP contribution in [0, 0.1) is 0 Å². The average molecular weight is 481 g/mol. The van der Waals surface area contributed by atoms with Gasteiger partial charge in [0.15, 0.2) is 0 Å². The smallest absolute Gasteiger partial charge is 0.414 e. The minimum absolute atomic E-state index is 0.0767. The number of halogens is 1. The molecule has 8 heteroatoms. The number of fused-ring (bicyclic) bond motifs is 1. The molecule has 0 aliphatic heterocycles. The Morgan fingerprint density at radius 3 is 2.12 bits per heavy atom. The SMILES string of the molecule is O=C(O)C(=O)O.OC(CNCC(c1ccccc1Cl)c1c[nH]c2ccccc12)c1ccccc1. The molecule has 4 aromatic rings. The van der Waals surface area contributed by atoms with Gasteiger partial charge in [-0.1, -0.05) is 78.3 Å². The van der Waals surface area contributed by atoms with Crippen LogP contribution in [0.15, 0.2) is 85.1 Å². The predicted molar refractivity (Wildman–Crippen MR) is 131 cm³/mol. The first kappa shape index (κ1) is 25.0. The highest BCUT2D eigenvalue weighted by Gasteiger charge is 2.20. The normalized spacial score (nSPS) is 12.4. The molecule has 3 aromatic carbocycles. The van der Waals surface area contributed by atoms with Crippen molar-refractivity contribution in [2.75, 3.05) is 13.1 Å². The summed E-state index contributed by atoms with van der Waals surface area (Å²) >= 11 is 6.54. The highest BCUT2D eigenvalue weighted by molar-refractivity contribution is 6.31. The van der Waals surface area contributed by atoms with E-state index in [-0.39, 0.29) is 5.92 Å². The number of nitrogens with one attached hydrogen (secondary N) is 2. The van der Waals surface area contributed by atoms with Crippen molar-refractivity contribution >= 4 is 34.4 Å². The molecule has 7 nitrogen and oxygen atoms in total. The highest BCUT2D eigenvalue weighted by atomic mass is 35.5. The van der Waals surface area contributed by atoms with Gasteiger partial charge in [0.05, 0.1) is 6.10 Å². The van der Waals surface area contributed by atoms with Gasteiger partial charge in [0.25, 0.3) is 0 Å². The molecular formula is C26H25ClN2O5. The average Bonchev–Trinajstić information content (AvgIpc) is 3.27. The zero-order chi connectivity index (χ0) is 24.5. The van der Waals surface area contributed by atoms with E-state index in [1.54, 1.807) is 0 Å². The third-order valence-corrected chi connectivity index (χ3v) is 5.67. The van der Waals surface area contributed by atoms with E-state index in [0.717, 1.165) is 21.7 Å². The Morgan fingerprint density at radius 2 is 1.44 bits per heavy atom. The number of carboxylic acids is 2. The van der Waals surface area contributed by atoms with Crippen LogP contribution in [0.2, 0.25) is 5.02 Å². The van der Waals surface area contributed by atoms with Crippen LogP contribution in [0.4, 0.5) is 0 Å².